The van der Waals surface area contributed by atoms with Gasteiger partial charge < -0.3 is 10.1 Å². The molecule has 1 amide bonds. The number of halogens is 2. The Morgan fingerprint density at radius 3 is 2.39 bits per heavy atom. The van der Waals surface area contributed by atoms with Crippen molar-refractivity contribution in [3.05, 3.63) is 58.9 Å². The fourth-order valence-electron chi connectivity index (χ4n) is 2.51. The number of benzene rings is 2. The van der Waals surface area contributed by atoms with Gasteiger partial charge in [-0.25, -0.2) is 12.8 Å². The molecular weight excluding hydrogens is 407 g/mol. The van der Waals surface area contributed by atoms with Crippen molar-refractivity contribution in [1.82, 2.24) is 9.62 Å². The number of amides is 1. The maximum atomic E-state index is 12.8. The van der Waals surface area contributed by atoms with Crippen molar-refractivity contribution in [3.63, 3.8) is 0 Å². The molecule has 0 aliphatic carbocycles. The molecule has 0 aliphatic heterocycles. The van der Waals surface area contributed by atoms with Crippen LogP contribution < -0.4 is 10.1 Å². The van der Waals surface area contributed by atoms with Crippen molar-refractivity contribution in [1.29, 1.82) is 0 Å². The van der Waals surface area contributed by atoms with Gasteiger partial charge >= 0.3 is 0 Å². The Morgan fingerprint density at radius 1 is 1.14 bits per heavy atom. The largest absolute Gasteiger partial charge is 0.492 e. The lowest BCUT2D eigenvalue weighted by molar-refractivity contribution is 0.0947. The van der Waals surface area contributed by atoms with Crippen molar-refractivity contribution < 1.29 is 22.3 Å². The molecule has 28 heavy (non-hydrogen) atoms. The van der Waals surface area contributed by atoms with E-state index in [1.54, 1.807) is 13.8 Å². The Bertz CT molecular complexity index is 916. The van der Waals surface area contributed by atoms with Gasteiger partial charge in [0.2, 0.25) is 10.0 Å². The number of hydrogen-bond acceptors (Lipinski definition) is 4. The molecule has 0 aromatic heterocycles. The number of hydrogen-bond donors (Lipinski definition) is 1. The quantitative estimate of drug-likeness (QED) is 0.621. The molecule has 6 nitrogen and oxygen atoms in total. The molecule has 0 aliphatic rings. The van der Waals surface area contributed by atoms with E-state index >= 15 is 0 Å². The topological polar surface area (TPSA) is 75.7 Å². The number of carbonyl (C=O) groups excluding carboxylic acids is 1. The third-order valence-corrected chi connectivity index (χ3v) is 6.52. The Hall–Kier alpha value is -2.16. The number of ether oxygens (including phenoxy) is 1. The third kappa shape index (κ3) is 5.43. The zero-order valence-electron chi connectivity index (χ0n) is 15.6. The number of nitrogens with one attached hydrogen (secondary N) is 1. The minimum absolute atomic E-state index is 0.0584. The summed E-state index contributed by atoms with van der Waals surface area (Å²) in [7, 11) is -3.79. The van der Waals surface area contributed by atoms with E-state index in [0.29, 0.717) is 18.8 Å². The van der Waals surface area contributed by atoms with Crippen molar-refractivity contribution in [2.45, 2.75) is 18.7 Å². The van der Waals surface area contributed by atoms with Crippen molar-refractivity contribution >= 4 is 27.5 Å². The predicted octanol–water partition coefficient (Wildman–Crippen LogP) is 3.32. The molecule has 0 unspecified atom stereocenters. The molecule has 2 aromatic carbocycles. The van der Waals surface area contributed by atoms with Crippen molar-refractivity contribution in [2.24, 2.45) is 0 Å². The second-order valence-electron chi connectivity index (χ2n) is 5.79. The Kier molecular flexibility index (Phi) is 7.79. The third-order valence-electron chi connectivity index (χ3n) is 3.99. The van der Waals surface area contributed by atoms with E-state index in [-0.39, 0.29) is 34.5 Å². The van der Waals surface area contributed by atoms with Crippen LogP contribution in [-0.4, -0.2) is 44.9 Å². The summed E-state index contributed by atoms with van der Waals surface area (Å²) in [6.45, 7) is 4.42. The van der Waals surface area contributed by atoms with Crippen LogP contribution >= 0.6 is 11.6 Å². The molecule has 0 radical (unpaired) electrons. The first-order chi connectivity index (χ1) is 13.3. The second kappa shape index (κ2) is 9.86. The van der Waals surface area contributed by atoms with E-state index in [1.807, 2.05) is 0 Å². The predicted molar refractivity (Wildman–Crippen MR) is 106 cm³/mol. The average molecular weight is 429 g/mol. The Morgan fingerprint density at radius 2 is 1.79 bits per heavy atom. The van der Waals surface area contributed by atoms with Gasteiger partial charge in [0, 0.05) is 18.7 Å². The SMILES string of the molecule is CCN(CC)S(=O)(=O)c1cc(C(=O)NCCOc2ccc(F)cc2)ccc1Cl. The molecule has 0 saturated carbocycles. The van der Waals surface area contributed by atoms with Gasteiger partial charge in [0.05, 0.1) is 11.6 Å². The van der Waals surface area contributed by atoms with Crippen LogP contribution in [0.3, 0.4) is 0 Å². The molecule has 0 atom stereocenters. The summed E-state index contributed by atoms with van der Waals surface area (Å²) >= 11 is 6.06. The summed E-state index contributed by atoms with van der Waals surface area (Å²) in [5.74, 6) is -0.330. The molecule has 0 bridgehead atoms. The zero-order chi connectivity index (χ0) is 20.7. The van der Waals surface area contributed by atoms with Crippen LogP contribution in [0.1, 0.15) is 24.2 Å². The summed E-state index contributed by atoms with van der Waals surface area (Å²) in [4.78, 5) is 12.2. The van der Waals surface area contributed by atoms with E-state index in [0.717, 1.165) is 0 Å². The molecular formula is C19H22ClFN2O4S. The summed E-state index contributed by atoms with van der Waals surface area (Å²) in [5.41, 5.74) is 0.178. The number of rotatable bonds is 9. The van der Waals surface area contributed by atoms with Gasteiger partial charge in [-0.2, -0.15) is 4.31 Å². The maximum Gasteiger partial charge on any atom is 0.251 e. The number of nitrogens with zero attached hydrogens (tertiary/aromatic N) is 1. The second-order valence-corrected chi connectivity index (χ2v) is 8.11. The van der Waals surface area contributed by atoms with Gasteiger partial charge in [-0.1, -0.05) is 25.4 Å². The normalized spacial score (nSPS) is 11.5. The van der Waals surface area contributed by atoms with E-state index < -0.39 is 15.9 Å². The van der Waals surface area contributed by atoms with Gasteiger partial charge in [-0.15, -0.1) is 0 Å². The molecule has 0 saturated heterocycles. The first kappa shape index (κ1) is 22.1. The van der Waals surface area contributed by atoms with Crippen LogP contribution in [0.5, 0.6) is 5.75 Å². The highest BCUT2D eigenvalue weighted by atomic mass is 35.5. The number of carbonyl (C=O) groups is 1. The van der Waals surface area contributed by atoms with E-state index in [2.05, 4.69) is 5.32 Å². The fourth-order valence-corrected chi connectivity index (χ4v) is 4.47. The Labute approximate surface area is 169 Å². The van der Waals surface area contributed by atoms with Gasteiger partial charge in [-0.05, 0) is 42.5 Å². The maximum absolute atomic E-state index is 12.8. The molecule has 0 heterocycles. The minimum Gasteiger partial charge on any atom is -0.492 e. The van der Waals surface area contributed by atoms with Gasteiger partial charge in [0.1, 0.15) is 23.1 Å². The molecule has 0 fully saturated rings. The van der Waals surface area contributed by atoms with Crippen molar-refractivity contribution in [3.8, 4) is 5.75 Å². The minimum atomic E-state index is -3.79. The lowest BCUT2D eigenvalue weighted by atomic mass is 10.2. The monoisotopic (exact) mass is 428 g/mol. The summed E-state index contributed by atoms with van der Waals surface area (Å²) < 4.78 is 44.9. The van der Waals surface area contributed by atoms with Crippen LogP contribution in [0.2, 0.25) is 5.02 Å². The Balaban J connectivity index is 2.02. The van der Waals surface area contributed by atoms with Crippen molar-refractivity contribution in [2.75, 3.05) is 26.2 Å². The van der Waals surface area contributed by atoms with Crippen LogP contribution in [-0.2, 0) is 10.0 Å². The summed E-state index contributed by atoms with van der Waals surface area (Å²) in [6.07, 6.45) is 0. The highest BCUT2D eigenvalue weighted by molar-refractivity contribution is 7.89. The van der Waals surface area contributed by atoms with Gasteiger partial charge in [0.25, 0.3) is 5.91 Å². The lowest BCUT2D eigenvalue weighted by Gasteiger charge is -2.19. The van der Waals surface area contributed by atoms with Crippen LogP contribution in [0.25, 0.3) is 0 Å². The lowest BCUT2D eigenvalue weighted by Crippen LogP contribution is -2.31. The molecule has 9 heteroatoms. The first-order valence-corrected chi connectivity index (χ1v) is 10.6. The van der Waals surface area contributed by atoms with Crippen LogP contribution in [0.15, 0.2) is 47.4 Å². The van der Waals surface area contributed by atoms with Gasteiger partial charge in [-0.3, -0.25) is 4.79 Å². The van der Waals surface area contributed by atoms with E-state index in [9.17, 15) is 17.6 Å². The van der Waals surface area contributed by atoms with Crippen LogP contribution in [0, 0.1) is 5.82 Å². The molecule has 2 aromatic rings. The number of sulfonamides is 1. The zero-order valence-corrected chi connectivity index (χ0v) is 17.2. The molecule has 0 spiro atoms. The highest BCUT2D eigenvalue weighted by Crippen LogP contribution is 2.25. The van der Waals surface area contributed by atoms with E-state index in [1.165, 1.54) is 46.8 Å². The smallest absolute Gasteiger partial charge is 0.251 e. The first-order valence-electron chi connectivity index (χ1n) is 8.75. The molecule has 1 N–H and O–H groups in total. The van der Waals surface area contributed by atoms with Gasteiger partial charge in [0.15, 0.2) is 0 Å². The highest BCUT2D eigenvalue weighted by Gasteiger charge is 2.25. The fraction of sp³-hybridized carbons (Fsp3) is 0.316. The standard InChI is InChI=1S/C19H22ClFN2O4S/c1-3-23(4-2)28(25,26)18-13-14(5-10-17(18)20)19(24)22-11-12-27-16-8-6-15(21)7-9-16/h5-10,13H,3-4,11-12H2,1-2H3,(H,22,24). The average Bonchev–Trinajstić information content (AvgIpc) is 2.67. The molecule has 2 rings (SSSR count). The van der Waals surface area contributed by atoms with Crippen LogP contribution in [0.4, 0.5) is 4.39 Å². The summed E-state index contributed by atoms with van der Waals surface area (Å²) in [5, 5.41) is 2.70. The van der Waals surface area contributed by atoms with E-state index in [4.69, 9.17) is 16.3 Å². The summed E-state index contributed by atoms with van der Waals surface area (Å²) in [6, 6.07) is 9.65. The molecule has 152 valence electrons.